The van der Waals surface area contributed by atoms with Crippen LogP contribution in [-0.4, -0.2) is 28.7 Å². The Bertz CT molecular complexity index is 5110. The quantitative estimate of drug-likeness (QED) is 0.159. The lowest BCUT2D eigenvalue weighted by molar-refractivity contribution is 0.660. The third-order valence-corrected chi connectivity index (χ3v) is 16.7. The normalized spacial score (nSPS) is 12.7. The predicted octanol–water partition coefficient (Wildman–Crippen LogP) is 18.0. The minimum Gasteiger partial charge on any atom is -0.309 e. The van der Waals surface area contributed by atoms with Crippen molar-refractivity contribution in [1.82, 2.24) is 28.7 Å². The van der Waals surface area contributed by atoms with Crippen molar-refractivity contribution in [3.63, 3.8) is 0 Å². The van der Waals surface area contributed by atoms with Crippen molar-refractivity contribution >= 4 is 65.4 Å². The van der Waals surface area contributed by atoms with Crippen molar-refractivity contribution in [3.8, 4) is 79.5 Å². The van der Waals surface area contributed by atoms with Gasteiger partial charge in [0.05, 0.1) is 44.4 Å². The average molecular weight is 1020 g/mol. The lowest BCUT2D eigenvalue weighted by atomic mass is 9.82. The highest BCUT2D eigenvalue weighted by Gasteiger charge is 2.36. The molecule has 0 bridgehead atoms. The van der Waals surface area contributed by atoms with Crippen LogP contribution in [0.4, 0.5) is 0 Å². The first-order valence-electron chi connectivity index (χ1n) is 27.2. The fourth-order valence-corrected chi connectivity index (χ4v) is 13.0. The van der Waals surface area contributed by atoms with E-state index >= 15 is 0 Å². The van der Waals surface area contributed by atoms with Gasteiger partial charge >= 0.3 is 0 Å². The smallest absolute Gasteiger partial charge is 0.164 e. The van der Waals surface area contributed by atoms with Crippen molar-refractivity contribution in [2.45, 2.75) is 19.3 Å². The second-order valence-electron chi connectivity index (χ2n) is 21.5. The Hall–Kier alpha value is -10.7. The lowest BCUT2D eigenvalue weighted by Crippen LogP contribution is -2.15. The Morgan fingerprint density at radius 2 is 0.887 bits per heavy atom. The number of para-hydroxylation sites is 4. The molecule has 0 atom stereocenters. The van der Waals surface area contributed by atoms with E-state index in [-0.39, 0.29) is 5.41 Å². The molecule has 0 unspecified atom stereocenters. The lowest BCUT2D eigenvalue weighted by Gasteiger charge is -2.22. The highest BCUT2D eigenvalue weighted by atomic mass is 15.0. The summed E-state index contributed by atoms with van der Waals surface area (Å²) in [6, 6.07) is 90.6. The number of aromatic nitrogens is 6. The topological polar surface area (TPSA) is 77.2 Å². The molecule has 0 saturated carbocycles. The molecule has 7 nitrogen and oxygen atoms in total. The van der Waals surface area contributed by atoms with Crippen LogP contribution in [0.2, 0.25) is 0 Å². The summed E-state index contributed by atoms with van der Waals surface area (Å²) in [5.41, 5.74) is 19.7. The molecule has 374 valence electrons. The third-order valence-electron chi connectivity index (χ3n) is 16.7. The number of nitrogens with zero attached hydrogens (tertiary/aromatic N) is 7. The molecule has 4 aromatic heterocycles. The van der Waals surface area contributed by atoms with E-state index in [0.29, 0.717) is 28.6 Å². The molecule has 1 aliphatic rings. The standard InChI is InChI=1S/C73H47N7/c1-73(2)60-28-13-9-24-53(60)54-35-34-52(43-61(54)73)79-65-31-16-12-27-58(65)68-67(79)39-36-57-55-25-10-15-30-64(55)80(69(57)68)62-37-32-48(41-50(62)44-74)71-75-70(47-21-17-20-46(40-47)45-18-5-3-6-19-45)76-72(77-71)49-33-38-66-59(42-49)56-26-11-14-29-63(56)78(66)51-22-7-4-8-23-51/h3-43H,1-2H3. The van der Waals surface area contributed by atoms with Crippen LogP contribution in [0.15, 0.2) is 249 Å². The van der Waals surface area contributed by atoms with Crippen LogP contribution in [0.5, 0.6) is 0 Å². The molecule has 80 heavy (non-hydrogen) atoms. The number of hydrogen-bond acceptors (Lipinski definition) is 4. The molecule has 1 aliphatic carbocycles. The van der Waals surface area contributed by atoms with Crippen molar-refractivity contribution in [3.05, 3.63) is 265 Å². The zero-order chi connectivity index (χ0) is 53.2. The van der Waals surface area contributed by atoms with Crippen molar-refractivity contribution in [2.24, 2.45) is 0 Å². The van der Waals surface area contributed by atoms with Gasteiger partial charge in [-0.3, -0.25) is 0 Å². The van der Waals surface area contributed by atoms with Crippen LogP contribution < -0.4 is 0 Å². The minimum atomic E-state index is -0.155. The number of hydrogen-bond donors (Lipinski definition) is 0. The summed E-state index contributed by atoms with van der Waals surface area (Å²) in [7, 11) is 0. The summed E-state index contributed by atoms with van der Waals surface area (Å²) in [6.45, 7) is 4.67. The summed E-state index contributed by atoms with van der Waals surface area (Å²) in [5.74, 6) is 1.54. The Morgan fingerprint density at radius 1 is 0.350 bits per heavy atom. The third kappa shape index (κ3) is 6.76. The van der Waals surface area contributed by atoms with Gasteiger partial charge in [-0.1, -0.05) is 172 Å². The van der Waals surface area contributed by atoms with Gasteiger partial charge in [-0.05, 0) is 124 Å². The van der Waals surface area contributed by atoms with Crippen molar-refractivity contribution < 1.29 is 0 Å². The summed E-state index contributed by atoms with van der Waals surface area (Å²) >= 11 is 0. The van der Waals surface area contributed by atoms with Gasteiger partial charge in [0.1, 0.15) is 6.07 Å². The van der Waals surface area contributed by atoms with Gasteiger partial charge in [0.2, 0.25) is 0 Å². The molecule has 0 amide bonds. The molecule has 11 aromatic carbocycles. The van der Waals surface area contributed by atoms with Gasteiger partial charge in [0.25, 0.3) is 0 Å². The van der Waals surface area contributed by atoms with Gasteiger partial charge < -0.3 is 13.7 Å². The van der Waals surface area contributed by atoms with Gasteiger partial charge in [-0.15, -0.1) is 0 Å². The summed E-state index contributed by atoms with van der Waals surface area (Å²) < 4.78 is 7.03. The first-order chi connectivity index (χ1) is 39.4. The van der Waals surface area contributed by atoms with Gasteiger partial charge in [0, 0.05) is 65.8 Å². The molecule has 0 spiro atoms. The predicted molar refractivity (Wildman–Crippen MR) is 327 cm³/mol. The first kappa shape index (κ1) is 45.5. The average Bonchev–Trinajstić information content (AvgIpc) is 4.38. The molecule has 4 heterocycles. The fourth-order valence-electron chi connectivity index (χ4n) is 13.0. The van der Waals surface area contributed by atoms with Crippen LogP contribution in [0.1, 0.15) is 30.5 Å². The summed E-state index contributed by atoms with van der Waals surface area (Å²) in [5, 5.41) is 18.1. The largest absolute Gasteiger partial charge is 0.309 e. The summed E-state index contributed by atoms with van der Waals surface area (Å²) in [4.78, 5) is 15.8. The molecule has 16 rings (SSSR count). The number of benzene rings is 11. The van der Waals surface area contributed by atoms with E-state index in [1.54, 1.807) is 0 Å². The number of rotatable bonds is 7. The van der Waals surface area contributed by atoms with Crippen LogP contribution in [0.3, 0.4) is 0 Å². The number of nitriles is 1. The van der Waals surface area contributed by atoms with Crippen LogP contribution in [0, 0.1) is 11.3 Å². The molecule has 15 aromatic rings. The van der Waals surface area contributed by atoms with E-state index in [4.69, 9.17) is 15.0 Å². The van der Waals surface area contributed by atoms with Crippen LogP contribution in [-0.2, 0) is 5.41 Å². The number of fused-ring (bicyclic) bond motifs is 13. The maximum Gasteiger partial charge on any atom is 0.164 e. The van der Waals surface area contributed by atoms with Gasteiger partial charge in [-0.25, -0.2) is 15.0 Å². The molecule has 0 aliphatic heterocycles. The van der Waals surface area contributed by atoms with Gasteiger partial charge in [-0.2, -0.15) is 5.26 Å². The molecule has 0 fully saturated rings. The van der Waals surface area contributed by atoms with E-state index in [1.165, 1.54) is 22.3 Å². The highest BCUT2D eigenvalue weighted by Crippen LogP contribution is 2.50. The van der Waals surface area contributed by atoms with Crippen LogP contribution >= 0.6 is 0 Å². The molecule has 0 radical (unpaired) electrons. The van der Waals surface area contributed by atoms with E-state index in [9.17, 15) is 5.26 Å². The van der Waals surface area contributed by atoms with E-state index in [2.05, 4.69) is 264 Å². The van der Waals surface area contributed by atoms with E-state index in [1.807, 2.05) is 18.2 Å². The van der Waals surface area contributed by atoms with Gasteiger partial charge in [0.15, 0.2) is 17.5 Å². The molecular weight excluding hydrogens is 975 g/mol. The van der Waals surface area contributed by atoms with E-state index in [0.717, 1.165) is 105 Å². The fraction of sp³-hybridized carbons (Fsp3) is 0.0411. The molecule has 0 saturated heterocycles. The maximum atomic E-state index is 11.4. The highest BCUT2D eigenvalue weighted by molar-refractivity contribution is 6.26. The van der Waals surface area contributed by atoms with E-state index < -0.39 is 0 Å². The maximum absolute atomic E-state index is 11.4. The Morgan fingerprint density at radius 3 is 1.64 bits per heavy atom. The monoisotopic (exact) mass is 1020 g/mol. The Kier molecular flexibility index (Phi) is 9.91. The molecule has 7 heteroatoms. The van der Waals surface area contributed by atoms with Crippen molar-refractivity contribution in [1.29, 1.82) is 5.26 Å². The Labute approximate surface area is 461 Å². The summed E-state index contributed by atoms with van der Waals surface area (Å²) in [6.07, 6.45) is 0. The first-order valence-corrected chi connectivity index (χ1v) is 27.2. The second kappa shape index (κ2) is 17.4. The van der Waals surface area contributed by atoms with Crippen molar-refractivity contribution in [2.75, 3.05) is 0 Å². The SMILES string of the molecule is CC1(C)c2ccccc2-c2ccc(-n3c4ccccc4c4c3ccc3c5ccccc5n(-c5ccc(-c6nc(-c7cccc(-c8ccccc8)c7)nc(-c7ccc8c(c7)c7ccccc7n8-c7ccccc7)n6)cc5C#N)c34)cc21. The second-order valence-corrected chi connectivity index (χ2v) is 21.5. The molecular formula is C73H47N7. The zero-order valence-electron chi connectivity index (χ0n) is 43.8. The minimum absolute atomic E-state index is 0.155. The molecule has 0 N–H and O–H groups in total. The van der Waals surface area contributed by atoms with Crippen LogP contribution in [0.25, 0.3) is 139 Å². The Balaban J connectivity index is 0.888. The zero-order valence-corrected chi connectivity index (χ0v) is 43.8.